The van der Waals surface area contributed by atoms with Crippen molar-refractivity contribution in [2.45, 2.75) is 59.9 Å². The number of aromatic nitrogens is 2. The second-order valence-corrected chi connectivity index (χ2v) is 8.19. The highest BCUT2D eigenvalue weighted by molar-refractivity contribution is 5.78. The number of benzene rings is 2. The van der Waals surface area contributed by atoms with Gasteiger partial charge in [-0.1, -0.05) is 38.1 Å². The predicted molar refractivity (Wildman–Crippen MR) is 127 cm³/mol. The standard InChI is InChI=1S/C26H35N3O2/c1-5-21(6-2)26(30)27-15-9-12-25-28-22-10-7-8-11-23(22)29(25)16-17-31-24-18-19(3)13-14-20(24)4/h7-8,10-11,13-14,18,21H,5-6,9,12,15-17H2,1-4H3,(H,27,30). The zero-order valence-corrected chi connectivity index (χ0v) is 19.3. The van der Waals surface area contributed by atoms with Crippen molar-refractivity contribution in [1.82, 2.24) is 14.9 Å². The molecule has 0 aliphatic carbocycles. The second kappa shape index (κ2) is 11.0. The van der Waals surface area contributed by atoms with Crippen LogP contribution in [0.25, 0.3) is 11.0 Å². The molecule has 5 heteroatoms. The van der Waals surface area contributed by atoms with Gasteiger partial charge in [-0.25, -0.2) is 4.98 Å². The fourth-order valence-electron chi connectivity index (χ4n) is 3.94. The zero-order chi connectivity index (χ0) is 22.2. The number of nitrogens with one attached hydrogen (secondary N) is 1. The highest BCUT2D eigenvalue weighted by Crippen LogP contribution is 2.21. The third kappa shape index (κ3) is 5.87. The summed E-state index contributed by atoms with van der Waals surface area (Å²) in [5, 5.41) is 3.08. The molecule has 5 nitrogen and oxygen atoms in total. The Morgan fingerprint density at radius 2 is 1.90 bits per heavy atom. The van der Waals surface area contributed by atoms with Gasteiger partial charge in [0.05, 0.1) is 17.6 Å². The molecule has 0 aliphatic heterocycles. The summed E-state index contributed by atoms with van der Waals surface area (Å²) in [6.45, 7) is 10.3. The largest absolute Gasteiger partial charge is 0.491 e. The molecule has 166 valence electrons. The number of para-hydroxylation sites is 2. The number of amides is 1. The Hall–Kier alpha value is -2.82. The fraction of sp³-hybridized carbons (Fsp3) is 0.462. The molecular weight excluding hydrogens is 386 g/mol. The van der Waals surface area contributed by atoms with Crippen LogP contribution in [-0.4, -0.2) is 28.6 Å². The minimum absolute atomic E-state index is 0.117. The van der Waals surface area contributed by atoms with Crippen molar-refractivity contribution in [1.29, 1.82) is 0 Å². The molecule has 0 saturated heterocycles. The number of fused-ring (bicyclic) bond motifs is 1. The number of nitrogens with zero attached hydrogens (tertiary/aromatic N) is 2. The normalized spacial score (nSPS) is 11.3. The quantitative estimate of drug-likeness (QED) is 0.432. The van der Waals surface area contributed by atoms with E-state index in [-0.39, 0.29) is 11.8 Å². The van der Waals surface area contributed by atoms with Gasteiger partial charge in [-0.15, -0.1) is 0 Å². The van der Waals surface area contributed by atoms with E-state index in [1.165, 1.54) is 5.56 Å². The maximum Gasteiger partial charge on any atom is 0.223 e. The van der Waals surface area contributed by atoms with Crippen molar-refractivity contribution in [2.24, 2.45) is 5.92 Å². The van der Waals surface area contributed by atoms with Gasteiger partial charge in [0.25, 0.3) is 0 Å². The van der Waals surface area contributed by atoms with Gasteiger partial charge in [-0.2, -0.15) is 0 Å². The minimum Gasteiger partial charge on any atom is -0.491 e. The van der Waals surface area contributed by atoms with E-state index >= 15 is 0 Å². The van der Waals surface area contributed by atoms with Crippen LogP contribution in [0.15, 0.2) is 42.5 Å². The van der Waals surface area contributed by atoms with Crippen molar-refractivity contribution in [3.63, 3.8) is 0 Å². The van der Waals surface area contributed by atoms with Crippen LogP contribution in [-0.2, 0) is 17.8 Å². The molecule has 0 aliphatic rings. The smallest absolute Gasteiger partial charge is 0.223 e. The van der Waals surface area contributed by atoms with E-state index < -0.39 is 0 Å². The van der Waals surface area contributed by atoms with Crippen molar-refractivity contribution in [3.8, 4) is 5.75 Å². The molecule has 0 atom stereocenters. The Morgan fingerprint density at radius 1 is 1.13 bits per heavy atom. The number of carbonyl (C=O) groups is 1. The molecule has 0 bridgehead atoms. The van der Waals surface area contributed by atoms with Crippen molar-refractivity contribution in [2.75, 3.05) is 13.2 Å². The van der Waals surface area contributed by atoms with E-state index in [1.54, 1.807) is 0 Å². The van der Waals surface area contributed by atoms with Crippen molar-refractivity contribution in [3.05, 3.63) is 59.4 Å². The lowest BCUT2D eigenvalue weighted by Gasteiger charge is -2.14. The van der Waals surface area contributed by atoms with Crippen molar-refractivity contribution < 1.29 is 9.53 Å². The molecule has 1 N–H and O–H groups in total. The maximum atomic E-state index is 12.2. The van der Waals surface area contributed by atoms with Crippen LogP contribution < -0.4 is 10.1 Å². The summed E-state index contributed by atoms with van der Waals surface area (Å²) in [5.41, 5.74) is 4.48. The molecule has 3 aromatic rings. The zero-order valence-electron chi connectivity index (χ0n) is 19.3. The highest BCUT2D eigenvalue weighted by atomic mass is 16.5. The van der Waals surface area contributed by atoms with Gasteiger partial charge >= 0.3 is 0 Å². The van der Waals surface area contributed by atoms with Crippen molar-refractivity contribution >= 4 is 16.9 Å². The molecule has 0 spiro atoms. The lowest BCUT2D eigenvalue weighted by atomic mass is 10.0. The van der Waals surface area contributed by atoms with E-state index in [4.69, 9.17) is 9.72 Å². The van der Waals surface area contributed by atoms with Crippen LogP contribution >= 0.6 is 0 Å². The average molecular weight is 422 g/mol. The molecule has 0 fully saturated rings. The molecule has 2 aromatic carbocycles. The SMILES string of the molecule is CCC(CC)C(=O)NCCCc1nc2ccccc2n1CCOc1cc(C)ccc1C. The van der Waals surface area contributed by atoms with Gasteiger partial charge < -0.3 is 14.6 Å². The molecular formula is C26H35N3O2. The molecule has 1 heterocycles. The number of ether oxygens (including phenoxy) is 1. The number of hydrogen-bond acceptors (Lipinski definition) is 3. The Morgan fingerprint density at radius 3 is 2.68 bits per heavy atom. The van der Waals surface area contributed by atoms with E-state index in [9.17, 15) is 4.79 Å². The summed E-state index contributed by atoms with van der Waals surface area (Å²) in [7, 11) is 0. The summed E-state index contributed by atoms with van der Waals surface area (Å²) < 4.78 is 8.35. The third-order valence-electron chi connectivity index (χ3n) is 5.88. The van der Waals surface area contributed by atoms with Crippen LogP contribution in [0.5, 0.6) is 5.75 Å². The Bertz CT molecular complexity index is 1010. The van der Waals surface area contributed by atoms with E-state index in [0.29, 0.717) is 13.2 Å². The summed E-state index contributed by atoms with van der Waals surface area (Å²) in [6, 6.07) is 14.5. The molecule has 0 radical (unpaired) electrons. The highest BCUT2D eigenvalue weighted by Gasteiger charge is 2.14. The third-order valence-corrected chi connectivity index (χ3v) is 5.88. The van der Waals surface area contributed by atoms with E-state index in [2.05, 4.69) is 67.9 Å². The van der Waals surface area contributed by atoms with Crippen LogP contribution in [0.1, 0.15) is 50.1 Å². The second-order valence-electron chi connectivity index (χ2n) is 8.19. The summed E-state index contributed by atoms with van der Waals surface area (Å²) in [6.07, 6.45) is 3.46. The van der Waals surface area contributed by atoms with E-state index in [0.717, 1.165) is 60.4 Å². The van der Waals surface area contributed by atoms with E-state index in [1.807, 2.05) is 12.1 Å². The molecule has 31 heavy (non-hydrogen) atoms. The molecule has 0 saturated carbocycles. The lowest BCUT2D eigenvalue weighted by molar-refractivity contribution is -0.125. The first-order valence-corrected chi connectivity index (χ1v) is 11.4. The van der Waals surface area contributed by atoms with Crippen LogP contribution in [0.4, 0.5) is 0 Å². The number of carbonyl (C=O) groups excluding carboxylic acids is 1. The molecule has 1 amide bonds. The van der Waals surface area contributed by atoms with Crippen LogP contribution in [0.3, 0.4) is 0 Å². The van der Waals surface area contributed by atoms with Gasteiger partial charge in [0.1, 0.15) is 18.2 Å². The number of imidazole rings is 1. The Labute approximate surface area is 185 Å². The van der Waals surface area contributed by atoms with Gasteiger partial charge in [-0.3, -0.25) is 4.79 Å². The van der Waals surface area contributed by atoms with Crippen LogP contribution in [0, 0.1) is 19.8 Å². The van der Waals surface area contributed by atoms with Gasteiger partial charge in [-0.05, 0) is 62.4 Å². The van der Waals surface area contributed by atoms with Gasteiger partial charge in [0.2, 0.25) is 5.91 Å². The minimum atomic E-state index is 0.117. The average Bonchev–Trinajstić information content (AvgIpc) is 3.12. The first kappa shape index (κ1) is 22.9. The number of aryl methyl sites for hydroxylation is 3. The maximum absolute atomic E-state index is 12.2. The summed E-state index contributed by atoms with van der Waals surface area (Å²) in [5.74, 6) is 2.27. The summed E-state index contributed by atoms with van der Waals surface area (Å²) in [4.78, 5) is 17.1. The lowest BCUT2D eigenvalue weighted by Crippen LogP contribution is -2.31. The fourth-order valence-corrected chi connectivity index (χ4v) is 3.94. The number of rotatable bonds is 11. The molecule has 3 rings (SSSR count). The Kier molecular flexibility index (Phi) is 8.10. The Balaban J connectivity index is 1.63. The summed E-state index contributed by atoms with van der Waals surface area (Å²) >= 11 is 0. The first-order chi connectivity index (χ1) is 15.0. The molecule has 1 aromatic heterocycles. The number of hydrogen-bond donors (Lipinski definition) is 1. The van der Waals surface area contributed by atoms with Crippen LogP contribution in [0.2, 0.25) is 0 Å². The topological polar surface area (TPSA) is 56.2 Å². The van der Waals surface area contributed by atoms with Gasteiger partial charge in [0, 0.05) is 18.9 Å². The molecule has 0 unspecified atom stereocenters. The first-order valence-electron chi connectivity index (χ1n) is 11.4. The predicted octanol–water partition coefficient (Wildman–Crippen LogP) is 5.22. The van der Waals surface area contributed by atoms with Gasteiger partial charge in [0.15, 0.2) is 0 Å². The monoisotopic (exact) mass is 421 g/mol.